The first-order valence-corrected chi connectivity index (χ1v) is 5.94. The maximum atomic E-state index is 13.7. The van der Waals surface area contributed by atoms with Crippen molar-refractivity contribution in [1.82, 2.24) is 10.2 Å². The monoisotopic (exact) mass is 278 g/mol. The molecule has 0 unspecified atom stereocenters. The number of nitrogens with one attached hydrogen (secondary N) is 1. The molecule has 1 aromatic rings. The molecule has 1 fully saturated rings. The average Bonchev–Trinajstić information content (AvgIpc) is 2.42. The van der Waals surface area contributed by atoms with Crippen LogP contribution in [0.5, 0.6) is 0 Å². The van der Waals surface area contributed by atoms with Crippen molar-refractivity contribution in [2.24, 2.45) is 0 Å². The van der Waals surface area contributed by atoms with Crippen molar-refractivity contribution < 1.29 is 22.7 Å². The molecule has 1 aliphatic rings. The van der Waals surface area contributed by atoms with E-state index in [0.717, 1.165) is 0 Å². The van der Waals surface area contributed by atoms with Gasteiger partial charge in [-0.3, -0.25) is 4.90 Å². The van der Waals surface area contributed by atoms with E-state index in [-0.39, 0.29) is 6.07 Å². The van der Waals surface area contributed by atoms with E-state index in [1.807, 2.05) is 0 Å². The summed E-state index contributed by atoms with van der Waals surface area (Å²) in [5.41, 5.74) is -0.748. The number of halogens is 4. The van der Waals surface area contributed by atoms with Gasteiger partial charge in [0.25, 0.3) is 0 Å². The summed E-state index contributed by atoms with van der Waals surface area (Å²) in [5.74, 6) is -5.81. The van der Waals surface area contributed by atoms with Gasteiger partial charge in [-0.25, -0.2) is 17.6 Å². The maximum Gasteiger partial charge on any atom is 0.166 e. The average molecular weight is 278 g/mol. The number of aliphatic hydroxyl groups is 1. The van der Waals surface area contributed by atoms with Crippen LogP contribution in [0.2, 0.25) is 0 Å². The van der Waals surface area contributed by atoms with Gasteiger partial charge < -0.3 is 10.4 Å². The minimum atomic E-state index is -1.46. The van der Waals surface area contributed by atoms with E-state index < -0.39 is 41.5 Å². The SMILES string of the molecule is OC[C@@H](c1c(F)c(F)cc(F)c1F)N1CCNCC1. The van der Waals surface area contributed by atoms with Crippen LogP contribution in [-0.2, 0) is 0 Å². The van der Waals surface area contributed by atoms with Crippen LogP contribution in [-0.4, -0.2) is 42.8 Å². The van der Waals surface area contributed by atoms with Crippen molar-refractivity contribution in [2.75, 3.05) is 32.8 Å². The molecule has 0 amide bonds. The number of nitrogens with zero attached hydrogens (tertiary/aromatic N) is 1. The highest BCUT2D eigenvalue weighted by Crippen LogP contribution is 2.29. The Kier molecular flexibility index (Phi) is 4.38. The van der Waals surface area contributed by atoms with Crippen molar-refractivity contribution in [3.8, 4) is 0 Å². The van der Waals surface area contributed by atoms with Crippen LogP contribution in [0.25, 0.3) is 0 Å². The topological polar surface area (TPSA) is 35.5 Å². The van der Waals surface area contributed by atoms with E-state index in [1.165, 1.54) is 0 Å². The van der Waals surface area contributed by atoms with E-state index in [9.17, 15) is 22.7 Å². The summed E-state index contributed by atoms with van der Waals surface area (Å²) in [6.45, 7) is 1.41. The number of piperazine rings is 1. The maximum absolute atomic E-state index is 13.7. The van der Waals surface area contributed by atoms with Crippen molar-refractivity contribution in [1.29, 1.82) is 0 Å². The predicted octanol–water partition coefficient (Wildman–Crippen LogP) is 1.18. The molecule has 0 aromatic heterocycles. The van der Waals surface area contributed by atoms with Crippen LogP contribution in [0.4, 0.5) is 17.6 Å². The Morgan fingerprint density at radius 2 is 1.63 bits per heavy atom. The molecule has 0 saturated carbocycles. The standard InChI is InChI=1S/C12H14F4N2O/c13-7-5-8(14)12(16)10(11(7)15)9(6-19)18-3-1-17-2-4-18/h5,9,17,19H,1-4,6H2/t9-/m0/s1. The van der Waals surface area contributed by atoms with Gasteiger partial charge in [-0.2, -0.15) is 0 Å². The van der Waals surface area contributed by atoms with E-state index in [0.29, 0.717) is 26.2 Å². The Balaban J connectivity index is 2.42. The summed E-state index contributed by atoms with van der Waals surface area (Å²) in [4.78, 5) is 1.59. The largest absolute Gasteiger partial charge is 0.394 e. The van der Waals surface area contributed by atoms with Gasteiger partial charge in [-0.05, 0) is 0 Å². The first kappa shape index (κ1) is 14.2. The smallest absolute Gasteiger partial charge is 0.166 e. The fourth-order valence-corrected chi connectivity index (χ4v) is 2.27. The lowest BCUT2D eigenvalue weighted by molar-refractivity contribution is 0.104. The van der Waals surface area contributed by atoms with Crippen LogP contribution in [0.1, 0.15) is 11.6 Å². The van der Waals surface area contributed by atoms with E-state index in [4.69, 9.17) is 0 Å². The van der Waals surface area contributed by atoms with Crippen LogP contribution >= 0.6 is 0 Å². The lowest BCUT2D eigenvalue weighted by atomic mass is 10.0. The molecular weight excluding hydrogens is 264 g/mol. The minimum Gasteiger partial charge on any atom is -0.394 e. The van der Waals surface area contributed by atoms with Gasteiger partial charge in [-0.15, -0.1) is 0 Å². The Hall–Kier alpha value is -1.18. The van der Waals surface area contributed by atoms with Gasteiger partial charge in [0.15, 0.2) is 23.3 Å². The molecule has 2 N–H and O–H groups in total. The van der Waals surface area contributed by atoms with Gasteiger partial charge in [0, 0.05) is 37.8 Å². The second-order valence-electron chi connectivity index (χ2n) is 4.37. The molecule has 1 atom stereocenters. The lowest BCUT2D eigenvalue weighted by Crippen LogP contribution is -2.46. The zero-order chi connectivity index (χ0) is 14.0. The number of rotatable bonds is 3. The van der Waals surface area contributed by atoms with Crippen molar-refractivity contribution in [3.05, 3.63) is 34.9 Å². The highest BCUT2D eigenvalue weighted by Gasteiger charge is 2.30. The predicted molar refractivity (Wildman–Crippen MR) is 60.5 cm³/mol. The highest BCUT2D eigenvalue weighted by molar-refractivity contribution is 5.26. The summed E-state index contributed by atoms with van der Waals surface area (Å²) in [5, 5.41) is 12.4. The zero-order valence-electron chi connectivity index (χ0n) is 10.1. The van der Waals surface area contributed by atoms with Crippen molar-refractivity contribution in [2.45, 2.75) is 6.04 Å². The van der Waals surface area contributed by atoms with Crippen LogP contribution in [0.3, 0.4) is 0 Å². The molecule has 106 valence electrons. The van der Waals surface area contributed by atoms with Crippen LogP contribution < -0.4 is 5.32 Å². The molecule has 3 nitrogen and oxygen atoms in total. The third-order valence-electron chi connectivity index (χ3n) is 3.24. The van der Waals surface area contributed by atoms with E-state index in [1.54, 1.807) is 4.90 Å². The normalized spacial score (nSPS) is 18.6. The molecule has 1 aliphatic heterocycles. The molecule has 1 heterocycles. The summed E-state index contributed by atoms with van der Waals surface area (Å²) in [6.07, 6.45) is 0. The van der Waals surface area contributed by atoms with Gasteiger partial charge in [0.05, 0.1) is 12.6 Å². The molecule has 1 saturated heterocycles. The number of aliphatic hydroxyl groups excluding tert-OH is 1. The van der Waals surface area contributed by atoms with E-state index in [2.05, 4.69) is 5.32 Å². The van der Waals surface area contributed by atoms with Gasteiger partial charge in [0.2, 0.25) is 0 Å². The summed E-state index contributed by atoms with van der Waals surface area (Å²) in [6, 6.07) is -0.923. The third-order valence-corrected chi connectivity index (χ3v) is 3.24. The summed E-state index contributed by atoms with van der Waals surface area (Å²) < 4.78 is 53.8. The Morgan fingerprint density at radius 1 is 1.11 bits per heavy atom. The molecule has 1 aromatic carbocycles. The highest BCUT2D eigenvalue weighted by atomic mass is 19.2. The van der Waals surface area contributed by atoms with Crippen LogP contribution in [0, 0.1) is 23.3 Å². The number of hydrogen-bond donors (Lipinski definition) is 2. The van der Waals surface area contributed by atoms with Gasteiger partial charge in [-0.1, -0.05) is 0 Å². The number of benzene rings is 1. The second kappa shape index (κ2) is 5.85. The van der Waals surface area contributed by atoms with Crippen molar-refractivity contribution >= 4 is 0 Å². The fourth-order valence-electron chi connectivity index (χ4n) is 2.27. The molecule has 2 rings (SSSR count). The Bertz CT molecular complexity index is 437. The Labute approximate surface area is 107 Å². The first-order valence-electron chi connectivity index (χ1n) is 5.94. The molecule has 19 heavy (non-hydrogen) atoms. The lowest BCUT2D eigenvalue weighted by Gasteiger charge is -2.34. The molecule has 0 radical (unpaired) electrons. The molecule has 0 bridgehead atoms. The third kappa shape index (κ3) is 2.72. The Morgan fingerprint density at radius 3 is 2.11 bits per heavy atom. The number of hydrogen-bond acceptors (Lipinski definition) is 3. The van der Waals surface area contributed by atoms with Crippen LogP contribution in [0.15, 0.2) is 6.07 Å². The van der Waals surface area contributed by atoms with Gasteiger partial charge >= 0.3 is 0 Å². The first-order chi connectivity index (χ1) is 9.06. The van der Waals surface area contributed by atoms with Crippen molar-refractivity contribution in [3.63, 3.8) is 0 Å². The minimum absolute atomic E-state index is 0.167. The molecular formula is C12H14F4N2O. The summed E-state index contributed by atoms with van der Waals surface area (Å²) >= 11 is 0. The molecule has 7 heteroatoms. The second-order valence-corrected chi connectivity index (χ2v) is 4.37. The summed E-state index contributed by atoms with van der Waals surface area (Å²) in [7, 11) is 0. The van der Waals surface area contributed by atoms with E-state index >= 15 is 0 Å². The van der Waals surface area contributed by atoms with Gasteiger partial charge in [0.1, 0.15) is 0 Å². The quantitative estimate of drug-likeness (QED) is 0.644. The fraction of sp³-hybridized carbons (Fsp3) is 0.500. The molecule has 0 spiro atoms. The molecule has 0 aliphatic carbocycles. The zero-order valence-corrected chi connectivity index (χ0v) is 10.1.